The van der Waals surface area contributed by atoms with E-state index in [9.17, 15) is 28.5 Å². The van der Waals surface area contributed by atoms with Gasteiger partial charge in [-0.05, 0) is 54.1 Å². The number of amides is 2. The number of carbonyl (C=O) groups is 2. The van der Waals surface area contributed by atoms with Crippen LogP contribution in [0.2, 0.25) is 5.02 Å². The average molecular weight is 458 g/mol. The van der Waals surface area contributed by atoms with Crippen molar-refractivity contribution in [2.24, 2.45) is 0 Å². The number of carbonyl (C=O) groups excluding carboxylic acids is 2. The molecule has 0 radical (unpaired) electrons. The van der Waals surface area contributed by atoms with E-state index >= 15 is 0 Å². The Kier molecular flexibility index (Phi) is 6.91. The molecule has 0 saturated heterocycles. The van der Waals surface area contributed by atoms with Crippen LogP contribution in [-0.2, 0) is 4.79 Å². The van der Waals surface area contributed by atoms with Gasteiger partial charge in [0, 0.05) is 17.8 Å². The molecule has 0 unspecified atom stereocenters. The minimum absolute atomic E-state index is 0.0902. The highest BCUT2D eigenvalue weighted by molar-refractivity contribution is 6.34. The molecular weight excluding hydrogens is 444 g/mol. The largest absolute Gasteiger partial charge is 0.321 e. The van der Waals surface area contributed by atoms with Crippen molar-refractivity contribution in [3.63, 3.8) is 0 Å². The first-order valence-corrected chi connectivity index (χ1v) is 9.40. The van der Waals surface area contributed by atoms with Crippen molar-refractivity contribution in [1.82, 2.24) is 5.32 Å². The topological polar surface area (TPSA) is 101 Å². The van der Waals surface area contributed by atoms with Gasteiger partial charge < -0.3 is 10.6 Å². The number of nitrogens with one attached hydrogen (secondary N) is 2. The van der Waals surface area contributed by atoms with E-state index in [-0.39, 0.29) is 33.2 Å². The Balaban J connectivity index is 1.95. The zero-order chi connectivity index (χ0) is 23.3. The fourth-order valence-electron chi connectivity index (χ4n) is 2.65. The summed E-state index contributed by atoms with van der Waals surface area (Å²) in [6.45, 7) is 0. The van der Waals surface area contributed by atoms with Crippen LogP contribution in [0.15, 0.2) is 72.4 Å². The van der Waals surface area contributed by atoms with Crippen molar-refractivity contribution < 1.29 is 23.3 Å². The second-order valence-corrected chi connectivity index (χ2v) is 6.86. The summed E-state index contributed by atoms with van der Waals surface area (Å²) in [6, 6.07) is 13.4. The Bertz CT molecular complexity index is 1230. The summed E-state index contributed by atoms with van der Waals surface area (Å²) in [7, 11) is 0. The number of hydrogen-bond acceptors (Lipinski definition) is 4. The van der Waals surface area contributed by atoms with Crippen molar-refractivity contribution in [2.45, 2.75) is 0 Å². The van der Waals surface area contributed by atoms with Gasteiger partial charge in [0.05, 0.1) is 15.5 Å². The summed E-state index contributed by atoms with van der Waals surface area (Å²) in [5.74, 6) is -2.74. The van der Waals surface area contributed by atoms with Gasteiger partial charge in [0.25, 0.3) is 17.5 Å². The molecule has 0 aliphatic carbocycles. The molecular formula is C22H14ClF2N3O4. The summed E-state index contributed by atoms with van der Waals surface area (Å²) in [6.07, 6.45) is 1.22. The Morgan fingerprint density at radius 2 is 1.66 bits per heavy atom. The standard InChI is InChI=1S/C22H14ClF2N3O4/c23-19-12-15(25)6-9-18(19)21(29)27-20(11-13-2-1-3-17(10-13)28(31)32)22(30)26-16-7-4-14(24)5-8-16/h1-12H,(H,26,30)(H,27,29)/b20-11+. The highest BCUT2D eigenvalue weighted by Gasteiger charge is 2.18. The van der Waals surface area contributed by atoms with E-state index in [0.29, 0.717) is 0 Å². The second kappa shape index (κ2) is 9.80. The van der Waals surface area contributed by atoms with Crippen LogP contribution in [0, 0.1) is 21.7 Å². The molecule has 0 fully saturated rings. The lowest BCUT2D eigenvalue weighted by Gasteiger charge is -2.12. The molecule has 162 valence electrons. The van der Waals surface area contributed by atoms with E-state index in [1.54, 1.807) is 0 Å². The monoisotopic (exact) mass is 457 g/mol. The number of nitrogens with zero attached hydrogens (tertiary/aromatic N) is 1. The lowest BCUT2D eigenvalue weighted by atomic mass is 10.1. The Hall–Kier alpha value is -4.11. The zero-order valence-corrected chi connectivity index (χ0v) is 16.9. The molecule has 10 heteroatoms. The summed E-state index contributed by atoms with van der Waals surface area (Å²) >= 11 is 5.92. The second-order valence-electron chi connectivity index (χ2n) is 6.45. The molecule has 7 nitrogen and oxygen atoms in total. The molecule has 3 aromatic rings. The van der Waals surface area contributed by atoms with Crippen LogP contribution in [0.25, 0.3) is 6.08 Å². The first-order valence-electron chi connectivity index (χ1n) is 9.02. The van der Waals surface area contributed by atoms with Gasteiger partial charge >= 0.3 is 0 Å². The third kappa shape index (κ3) is 5.73. The van der Waals surface area contributed by atoms with E-state index < -0.39 is 28.4 Å². The van der Waals surface area contributed by atoms with E-state index in [4.69, 9.17) is 11.6 Å². The van der Waals surface area contributed by atoms with Crippen LogP contribution in [0.1, 0.15) is 15.9 Å². The highest BCUT2D eigenvalue weighted by Crippen LogP contribution is 2.19. The van der Waals surface area contributed by atoms with Crippen molar-refractivity contribution in [2.75, 3.05) is 5.32 Å². The van der Waals surface area contributed by atoms with Crippen molar-refractivity contribution >= 4 is 40.9 Å². The third-order valence-electron chi connectivity index (χ3n) is 4.16. The maximum atomic E-state index is 13.3. The van der Waals surface area contributed by atoms with E-state index in [1.165, 1.54) is 42.5 Å². The van der Waals surface area contributed by atoms with E-state index in [1.807, 2.05) is 0 Å². The van der Waals surface area contributed by atoms with Crippen molar-refractivity contribution in [3.8, 4) is 0 Å². The van der Waals surface area contributed by atoms with Crippen LogP contribution in [0.5, 0.6) is 0 Å². The number of halogens is 3. The predicted molar refractivity (Wildman–Crippen MR) is 115 cm³/mol. The molecule has 3 aromatic carbocycles. The maximum Gasteiger partial charge on any atom is 0.272 e. The minimum Gasteiger partial charge on any atom is -0.321 e. The van der Waals surface area contributed by atoms with Gasteiger partial charge in [-0.2, -0.15) is 0 Å². The smallest absolute Gasteiger partial charge is 0.272 e. The molecule has 32 heavy (non-hydrogen) atoms. The normalized spacial score (nSPS) is 11.0. The molecule has 0 aliphatic heterocycles. The molecule has 2 amide bonds. The fraction of sp³-hybridized carbons (Fsp3) is 0. The Morgan fingerprint density at radius 1 is 0.969 bits per heavy atom. The predicted octanol–water partition coefficient (Wildman–Crippen LogP) is 4.94. The van der Waals surface area contributed by atoms with Crippen molar-refractivity contribution in [3.05, 3.63) is 110 Å². The van der Waals surface area contributed by atoms with Crippen LogP contribution in [0.4, 0.5) is 20.2 Å². The number of benzene rings is 3. The van der Waals surface area contributed by atoms with Crippen LogP contribution < -0.4 is 10.6 Å². The Labute approximate surface area is 185 Å². The maximum absolute atomic E-state index is 13.3. The molecule has 0 spiro atoms. The lowest BCUT2D eigenvalue weighted by molar-refractivity contribution is -0.384. The first kappa shape index (κ1) is 22.6. The number of hydrogen-bond donors (Lipinski definition) is 2. The Morgan fingerprint density at radius 3 is 2.31 bits per heavy atom. The molecule has 3 rings (SSSR count). The molecule has 0 atom stereocenters. The van der Waals surface area contributed by atoms with Gasteiger partial charge in [0.15, 0.2) is 0 Å². The van der Waals surface area contributed by atoms with Gasteiger partial charge in [0.1, 0.15) is 17.3 Å². The number of non-ortho nitro benzene ring substituents is 1. The van der Waals surface area contributed by atoms with E-state index in [2.05, 4.69) is 10.6 Å². The number of nitro groups is 1. The molecule has 0 aliphatic rings. The summed E-state index contributed by atoms with van der Waals surface area (Å²) in [4.78, 5) is 35.9. The van der Waals surface area contributed by atoms with Gasteiger partial charge in [-0.15, -0.1) is 0 Å². The summed E-state index contributed by atoms with van der Waals surface area (Å²) in [5, 5.41) is 15.7. The zero-order valence-electron chi connectivity index (χ0n) is 16.1. The molecule has 0 bridgehead atoms. The minimum atomic E-state index is -0.805. The van der Waals surface area contributed by atoms with E-state index in [0.717, 1.165) is 30.3 Å². The first-order chi connectivity index (χ1) is 15.2. The van der Waals surface area contributed by atoms with Crippen LogP contribution >= 0.6 is 11.6 Å². The summed E-state index contributed by atoms with van der Waals surface area (Å²) < 4.78 is 26.4. The highest BCUT2D eigenvalue weighted by atomic mass is 35.5. The molecule has 0 heterocycles. The number of anilines is 1. The molecule has 0 saturated carbocycles. The molecule has 2 N–H and O–H groups in total. The molecule has 0 aromatic heterocycles. The number of nitro benzene ring substituents is 1. The third-order valence-corrected chi connectivity index (χ3v) is 4.48. The van der Waals surface area contributed by atoms with Gasteiger partial charge in [-0.3, -0.25) is 19.7 Å². The average Bonchev–Trinajstić information content (AvgIpc) is 2.75. The fourth-order valence-corrected chi connectivity index (χ4v) is 2.90. The van der Waals surface area contributed by atoms with Crippen LogP contribution in [0.3, 0.4) is 0 Å². The SMILES string of the molecule is O=C(Nc1ccc(F)cc1)/C(=C\c1cccc([N+](=O)[O-])c1)NC(=O)c1ccc(F)cc1Cl. The van der Waals surface area contributed by atoms with Gasteiger partial charge in [0.2, 0.25) is 0 Å². The lowest BCUT2D eigenvalue weighted by Crippen LogP contribution is -2.31. The number of rotatable bonds is 6. The quantitative estimate of drug-likeness (QED) is 0.311. The van der Waals surface area contributed by atoms with Gasteiger partial charge in [-0.1, -0.05) is 23.7 Å². The summed E-state index contributed by atoms with van der Waals surface area (Å²) in [5.41, 5.74) is -0.0814. The van der Waals surface area contributed by atoms with Crippen molar-refractivity contribution in [1.29, 1.82) is 0 Å². The van der Waals surface area contributed by atoms with Gasteiger partial charge in [-0.25, -0.2) is 8.78 Å². The van der Waals surface area contributed by atoms with Crippen LogP contribution in [-0.4, -0.2) is 16.7 Å².